The monoisotopic (exact) mass is 265 g/mol. The van der Waals surface area contributed by atoms with Crippen LogP contribution in [-0.2, 0) is 9.84 Å². The van der Waals surface area contributed by atoms with Gasteiger partial charge in [-0.15, -0.1) is 0 Å². The second-order valence-corrected chi connectivity index (χ2v) is 8.09. The predicted octanol–water partition coefficient (Wildman–Crippen LogP) is 1.40. The Labute approximate surface area is 104 Å². The maximum atomic E-state index is 11.5. The lowest BCUT2D eigenvalue weighted by molar-refractivity contribution is 0.346. The number of hydrogen-bond acceptors (Lipinski definition) is 4. The fourth-order valence-corrected chi connectivity index (χ4v) is 5.02. The summed E-state index contributed by atoms with van der Waals surface area (Å²) in [6.45, 7) is 3.11. The zero-order valence-corrected chi connectivity index (χ0v) is 11.9. The summed E-state index contributed by atoms with van der Waals surface area (Å²) >= 11 is 1.94. The highest BCUT2D eigenvalue weighted by molar-refractivity contribution is 7.99. The van der Waals surface area contributed by atoms with Gasteiger partial charge < -0.3 is 5.32 Å². The number of rotatable bonds is 7. The van der Waals surface area contributed by atoms with E-state index in [-0.39, 0.29) is 0 Å². The molecule has 0 aromatic heterocycles. The van der Waals surface area contributed by atoms with Crippen molar-refractivity contribution in [1.29, 1.82) is 0 Å². The summed E-state index contributed by atoms with van der Waals surface area (Å²) in [5.41, 5.74) is 0. The highest BCUT2D eigenvalue weighted by Gasteiger charge is 2.32. The van der Waals surface area contributed by atoms with E-state index in [1.807, 2.05) is 18.8 Å². The average molecular weight is 265 g/mol. The molecule has 0 bridgehead atoms. The normalized spacial score (nSPS) is 25.8. The van der Waals surface area contributed by atoms with Gasteiger partial charge in [-0.3, -0.25) is 0 Å². The minimum absolute atomic E-state index is 0.384. The number of sulfone groups is 1. The summed E-state index contributed by atoms with van der Waals surface area (Å²) in [5, 5.41) is 3.19. The van der Waals surface area contributed by atoms with Crippen molar-refractivity contribution in [1.82, 2.24) is 5.32 Å². The molecule has 1 saturated heterocycles. The quantitative estimate of drug-likeness (QED) is 0.707. The summed E-state index contributed by atoms with van der Waals surface area (Å²) in [6, 6.07) is 0. The number of thioether (sulfide) groups is 1. The summed E-state index contributed by atoms with van der Waals surface area (Å²) in [4.78, 5) is 0. The first-order valence-electron chi connectivity index (χ1n) is 6.02. The van der Waals surface area contributed by atoms with Crippen LogP contribution in [0.15, 0.2) is 0 Å². The number of nitrogens with one attached hydrogen (secondary N) is 1. The van der Waals surface area contributed by atoms with Gasteiger partial charge in [-0.05, 0) is 49.8 Å². The Balaban J connectivity index is 2.43. The van der Waals surface area contributed by atoms with Crippen LogP contribution in [0.4, 0.5) is 0 Å². The molecular formula is C11H23NO2S2. The van der Waals surface area contributed by atoms with Crippen molar-refractivity contribution >= 4 is 21.6 Å². The standard InChI is InChI=1S/C11H23NO2S2/c1-3-15-6-4-10(8-12-2)11-5-7-16(13,14)9-11/h10-12H,3-9H2,1-2H3. The van der Waals surface area contributed by atoms with E-state index in [1.165, 1.54) is 0 Å². The first kappa shape index (κ1) is 14.3. The fourth-order valence-electron chi connectivity index (χ4n) is 2.34. The van der Waals surface area contributed by atoms with E-state index < -0.39 is 9.84 Å². The van der Waals surface area contributed by atoms with Gasteiger partial charge in [0.15, 0.2) is 9.84 Å². The summed E-state index contributed by atoms with van der Waals surface area (Å²) < 4.78 is 22.9. The Hall–Kier alpha value is 0.260. The van der Waals surface area contributed by atoms with Gasteiger partial charge in [0.1, 0.15) is 0 Å². The van der Waals surface area contributed by atoms with E-state index in [4.69, 9.17) is 0 Å². The lowest BCUT2D eigenvalue weighted by Gasteiger charge is -2.22. The van der Waals surface area contributed by atoms with Gasteiger partial charge in [-0.2, -0.15) is 11.8 Å². The SMILES string of the molecule is CCSCCC(CNC)C1CCS(=O)(=O)C1. The van der Waals surface area contributed by atoms with Crippen LogP contribution in [0.1, 0.15) is 19.8 Å². The second-order valence-electron chi connectivity index (χ2n) is 4.47. The second kappa shape index (κ2) is 6.87. The third-order valence-electron chi connectivity index (χ3n) is 3.24. The van der Waals surface area contributed by atoms with E-state index in [0.29, 0.717) is 23.3 Å². The predicted molar refractivity (Wildman–Crippen MR) is 71.8 cm³/mol. The summed E-state index contributed by atoms with van der Waals surface area (Å²) in [5.74, 6) is 4.03. The van der Waals surface area contributed by atoms with Crippen molar-refractivity contribution in [3.63, 3.8) is 0 Å². The molecule has 0 amide bonds. The Morgan fingerprint density at radius 2 is 2.25 bits per heavy atom. The van der Waals surface area contributed by atoms with Gasteiger partial charge in [0.2, 0.25) is 0 Å². The molecule has 0 radical (unpaired) electrons. The van der Waals surface area contributed by atoms with Crippen LogP contribution in [0.5, 0.6) is 0 Å². The van der Waals surface area contributed by atoms with Gasteiger partial charge in [0, 0.05) is 0 Å². The first-order valence-corrected chi connectivity index (χ1v) is 8.99. The van der Waals surface area contributed by atoms with E-state index >= 15 is 0 Å². The molecule has 1 heterocycles. The topological polar surface area (TPSA) is 46.2 Å². The van der Waals surface area contributed by atoms with Crippen molar-refractivity contribution < 1.29 is 8.42 Å². The maximum absolute atomic E-state index is 11.5. The van der Waals surface area contributed by atoms with Gasteiger partial charge in [0.05, 0.1) is 11.5 Å². The molecule has 1 aliphatic heterocycles. The highest BCUT2D eigenvalue weighted by Crippen LogP contribution is 2.28. The van der Waals surface area contributed by atoms with E-state index in [0.717, 1.165) is 30.9 Å². The molecule has 16 heavy (non-hydrogen) atoms. The molecule has 5 heteroatoms. The molecule has 2 atom stereocenters. The molecule has 96 valence electrons. The van der Waals surface area contributed by atoms with Crippen molar-refractivity contribution in [2.45, 2.75) is 19.8 Å². The van der Waals surface area contributed by atoms with E-state index in [1.54, 1.807) is 0 Å². The van der Waals surface area contributed by atoms with E-state index in [2.05, 4.69) is 12.2 Å². The van der Waals surface area contributed by atoms with Crippen LogP contribution < -0.4 is 5.32 Å². The number of hydrogen-bond donors (Lipinski definition) is 1. The van der Waals surface area contributed by atoms with Crippen molar-refractivity contribution in [3.8, 4) is 0 Å². The molecule has 3 nitrogen and oxygen atoms in total. The third kappa shape index (κ3) is 4.63. The van der Waals surface area contributed by atoms with Crippen LogP contribution in [-0.4, -0.2) is 45.0 Å². The molecule has 0 aliphatic carbocycles. The maximum Gasteiger partial charge on any atom is 0.150 e. The summed E-state index contributed by atoms with van der Waals surface area (Å²) in [6.07, 6.45) is 2.00. The largest absolute Gasteiger partial charge is 0.319 e. The molecule has 2 unspecified atom stereocenters. The molecule has 1 aliphatic rings. The fraction of sp³-hybridized carbons (Fsp3) is 1.00. The molecule has 1 rings (SSSR count). The third-order valence-corrected chi connectivity index (χ3v) is 5.96. The Bertz CT molecular complexity index is 290. The molecular weight excluding hydrogens is 242 g/mol. The minimum atomic E-state index is -2.72. The molecule has 0 spiro atoms. The van der Waals surface area contributed by atoms with Gasteiger partial charge in [0.25, 0.3) is 0 Å². The molecule has 1 fully saturated rings. The van der Waals surface area contributed by atoms with Crippen LogP contribution in [0.25, 0.3) is 0 Å². The molecule has 0 aromatic rings. The van der Waals surface area contributed by atoms with Gasteiger partial charge >= 0.3 is 0 Å². The molecule has 0 saturated carbocycles. The summed E-state index contributed by atoms with van der Waals surface area (Å²) in [7, 11) is -0.776. The van der Waals surface area contributed by atoms with Crippen LogP contribution in [0, 0.1) is 11.8 Å². The zero-order valence-electron chi connectivity index (χ0n) is 10.2. The van der Waals surface area contributed by atoms with E-state index in [9.17, 15) is 8.42 Å². The Morgan fingerprint density at radius 1 is 1.50 bits per heavy atom. The Morgan fingerprint density at radius 3 is 2.75 bits per heavy atom. The molecule has 1 N–H and O–H groups in total. The lowest BCUT2D eigenvalue weighted by atomic mass is 9.89. The first-order chi connectivity index (χ1) is 7.59. The Kier molecular flexibility index (Phi) is 6.15. The van der Waals surface area contributed by atoms with Gasteiger partial charge in [-0.25, -0.2) is 8.42 Å². The zero-order chi connectivity index (χ0) is 12.0. The highest BCUT2D eigenvalue weighted by atomic mass is 32.2. The lowest BCUT2D eigenvalue weighted by Crippen LogP contribution is -2.27. The molecule has 0 aromatic carbocycles. The van der Waals surface area contributed by atoms with Crippen molar-refractivity contribution in [3.05, 3.63) is 0 Å². The smallest absolute Gasteiger partial charge is 0.150 e. The van der Waals surface area contributed by atoms with Crippen molar-refractivity contribution in [2.24, 2.45) is 11.8 Å². The van der Waals surface area contributed by atoms with Crippen LogP contribution >= 0.6 is 11.8 Å². The average Bonchev–Trinajstić information content (AvgIpc) is 2.58. The van der Waals surface area contributed by atoms with Crippen molar-refractivity contribution in [2.75, 3.05) is 36.6 Å². The van der Waals surface area contributed by atoms with Crippen LogP contribution in [0.2, 0.25) is 0 Å². The van der Waals surface area contributed by atoms with Gasteiger partial charge in [-0.1, -0.05) is 6.92 Å². The van der Waals surface area contributed by atoms with Crippen LogP contribution in [0.3, 0.4) is 0 Å². The minimum Gasteiger partial charge on any atom is -0.319 e.